The molecule has 0 radical (unpaired) electrons. The Morgan fingerprint density at radius 3 is 2.55 bits per heavy atom. The van der Waals surface area contributed by atoms with Gasteiger partial charge in [0.05, 0.1) is 7.11 Å². The fourth-order valence-electron chi connectivity index (χ4n) is 1.49. The summed E-state index contributed by atoms with van der Waals surface area (Å²) in [6.07, 6.45) is -0.362. The maximum Gasteiger partial charge on any atom is 0.315 e. The molecule has 0 aliphatic rings. The molecule has 0 aliphatic carbocycles. The molecule has 2 N–H and O–H groups in total. The van der Waals surface area contributed by atoms with Gasteiger partial charge in [-0.2, -0.15) is 0 Å². The Hall–Kier alpha value is -2.37. The zero-order chi connectivity index (χ0) is 15.1. The summed E-state index contributed by atoms with van der Waals surface area (Å²) < 4.78 is 4.40. The normalized spacial score (nSPS) is 10.0. The lowest BCUT2D eigenvalue weighted by atomic mass is 10.1. The van der Waals surface area contributed by atoms with Crippen molar-refractivity contribution in [3.8, 4) is 0 Å². The van der Waals surface area contributed by atoms with Gasteiger partial charge in [0, 0.05) is 17.3 Å². The summed E-state index contributed by atoms with van der Waals surface area (Å²) in [6.45, 7) is 3.72. The zero-order valence-corrected chi connectivity index (χ0v) is 11.7. The molecule has 0 saturated heterocycles. The monoisotopic (exact) mass is 278 g/mol. The van der Waals surface area contributed by atoms with Gasteiger partial charge >= 0.3 is 5.97 Å². The summed E-state index contributed by atoms with van der Waals surface area (Å²) >= 11 is 0. The molecule has 2 amide bonds. The molecule has 1 rings (SSSR count). The van der Waals surface area contributed by atoms with Crippen LogP contribution in [0.15, 0.2) is 24.3 Å². The highest BCUT2D eigenvalue weighted by molar-refractivity contribution is 6.02. The van der Waals surface area contributed by atoms with E-state index in [1.807, 2.05) is 13.8 Å². The number of amides is 2. The van der Waals surface area contributed by atoms with E-state index in [2.05, 4.69) is 15.4 Å². The number of esters is 1. The molecule has 0 fully saturated rings. The maximum absolute atomic E-state index is 11.8. The molecule has 0 aliphatic heterocycles. The van der Waals surface area contributed by atoms with Crippen LogP contribution in [0.2, 0.25) is 0 Å². The van der Waals surface area contributed by atoms with Gasteiger partial charge in [0.2, 0.25) is 5.91 Å². The van der Waals surface area contributed by atoms with Gasteiger partial charge in [-0.3, -0.25) is 14.4 Å². The van der Waals surface area contributed by atoms with E-state index in [9.17, 15) is 14.4 Å². The van der Waals surface area contributed by atoms with Crippen LogP contribution in [0, 0.1) is 0 Å². The number of hydrogen-bond donors (Lipinski definition) is 2. The van der Waals surface area contributed by atoms with Crippen molar-refractivity contribution in [2.75, 3.05) is 12.4 Å². The van der Waals surface area contributed by atoms with Crippen LogP contribution in [0.3, 0.4) is 0 Å². The highest BCUT2D eigenvalue weighted by atomic mass is 16.5. The van der Waals surface area contributed by atoms with E-state index >= 15 is 0 Å². The third-order valence-corrected chi connectivity index (χ3v) is 2.36. The second kappa shape index (κ2) is 7.28. The Kier molecular flexibility index (Phi) is 5.71. The molecule has 0 saturated carbocycles. The van der Waals surface area contributed by atoms with E-state index in [0.29, 0.717) is 11.3 Å². The third kappa shape index (κ3) is 5.09. The van der Waals surface area contributed by atoms with Gasteiger partial charge in [-0.25, -0.2) is 0 Å². The Bertz CT molecular complexity index is 512. The topological polar surface area (TPSA) is 84.5 Å². The molecule has 108 valence electrons. The molecule has 0 unspecified atom stereocenters. The van der Waals surface area contributed by atoms with Crippen LogP contribution in [-0.4, -0.2) is 30.9 Å². The standard InChI is InChI=1S/C14H18N2O4/c1-9(2)15-14(19)10-5-4-6-11(7-10)16-12(17)8-13(18)20-3/h4-7,9H,8H2,1-3H3,(H,15,19)(H,16,17). The molecular formula is C14H18N2O4. The second-order valence-corrected chi connectivity index (χ2v) is 4.51. The third-order valence-electron chi connectivity index (χ3n) is 2.36. The van der Waals surface area contributed by atoms with Crippen molar-refractivity contribution in [1.29, 1.82) is 0 Å². The fourth-order valence-corrected chi connectivity index (χ4v) is 1.49. The van der Waals surface area contributed by atoms with E-state index in [1.165, 1.54) is 7.11 Å². The van der Waals surface area contributed by atoms with Crippen molar-refractivity contribution in [3.05, 3.63) is 29.8 Å². The van der Waals surface area contributed by atoms with Crippen LogP contribution in [0.1, 0.15) is 30.6 Å². The molecule has 0 aromatic heterocycles. The van der Waals surface area contributed by atoms with E-state index in [4.69, 9.17) is 0 Å². The quantitative estimate of drug-likeness (QED) is 0.628. The number of methoxy groups -OCH3 is 1. The molecule has 0 heterocycles. The number of carbonyl (C=O) groups is 3. The van der Waals surface area contributed by atoms with Gasteiger partial charge in [-0.05, 0) is 32.0 Å². The second-order valence-electron chi connectivity index (χ2n) is 4.51. The van der Waals surface area contributed by atoms with E-state index < -0.39 is 11.9 Å². The molecule has 1 aromatic carbocycles. The van der Waals surface area contributed by atoms with Crippen LogP contribution in [0.4, 0.5) is 5.69 Å². The summed E-state index contributed by atoms with van der Waals surface area (Å²) in [6, 6.07) is 6.52. The number of carbonyl (C=O) groups excluding carboxylic acids is 3. The van der Waals surface area contributed by atoms with Gasteiger partial charge < -0.3 is 15.4 Å². The summed E-state index contributed by atoms with van der Waals surface area (Å²) in [5.41, 5.74) is 0.893. The summed E-state index contributed by atoms with van der Waals surface area (Å²) in [4.78, 5) is 34.3. The number of anilines is 1. The summed E-state index contributed by atoms with van der Waals surface area (Å²) in [7, 11) is 1.21. The van der Waals surface area contributed by atoms with Gasteiger partial charge in [0.15, 0.2) is 0 Å². The highest BCUT2D eigenvalue weighted by Crippen LogP contribution is 2.11. The Labute approximate surface area is 117 Å². The number of hydrogen-bond acceptors (Lipinski definition) is 4. The largest absolute Gasteiger partial charge is 0.469 e. The predicted octanol–water partition coefficient (Wildman–Crippen LogP) is 1.33. The summed E-state index contributed by atoms with van der Waals surface area (Å²) in [5.74, 6) is -1.32. The van der Waals surface area contributed by atoms with Crippen LogP contribution >= 0.6 is 0 Å². The number of ether oxygens (including phenoxy) is 1. The van der Waals surface area contributed by atoms with Gasteiger partial charge in [-0.1, -0.05) is 6.07 Å². The predicted molar refractivity (Wildman–Crippen MR) is 74.3 cm³/mol. The molecule has 0 spiro atoms. The van der Waals surface area contributed by atoms with Gasteiger partial charge in [-0.15, -0.1) is 0 Å². The van der Waals surface area contributed by atoms with Crippen molar-refractivity contribution in [2.24, 2.45) is 0 Å². The van der Waals surface area contributed by atoms with Crippen LogP contribution in [0.5, 0.6) is 0 Å². The van der Waals surface area contributed by atoms with Crippen LogP contribution in [-0.2, 0) is 14.3 Å². The minimum atomic E-state index is -0.615. The molecule has 6 nitrogen and oxygen atoms in total. The Balaban J connectivity index is 2.71. The van der Waals surface area contributed by atoms with Crippen molar-refractivity contribution in [1.82, 2.24) is 5.32 Å². The SMILES string of the molecule is COC(=O)CC(=O)Nc1cccc(C(=O)NC(C)C)c1. The molecule has 20 heavy (non-hydrogen) atoms. The lowest BCUT2D eigenvalue weighted by molar-refractivity contribution is -0.142. The highest BCUT2D eigenvalue weighted by Gasteiger charge is 2.11. The minimum absolute atomic E-state index is 0.0278. The van der Waals surface area contributed by atoms with Gasteiger partial charge in [0.25, 0.3) is 5.91 Å². The fraction of sp³-hybridized carbons (Fsp3) is 0.357. The zero-order valence-electron chi connectivity index (χ0n) is 11.7. The number of benzene rings is 1. The van der Waals surface area contributed by atoms with E-state index in [0.717, 1.165) is 0 Å². The number of nitrogens with one attached hydrogen (secondary N) is 2. The molecular weight excluding hydrogens is 260 g/mol. The lowest BCUT2D eigenvalue weighted by Gasteiger charge is -2.10. The lowest BCUT2D eigenvalue weighted by Crippen LogP contribution is -2.30. The Morgan fingerprint density at radius 1 is 1.25 bits per heavy atom. The maximum atomic E-state index is 11.8. The first kappa shape index (κ1) is 15.7. The van der Waals surface area contributed by atoms with Gasteiger partial charge in [0.1, 0.15) is 6.42 Å². The van der Waals surface area contributed by atoms with Crippen molar-refractivity contribution in [3.63, 3.8) is 0 Å². The van der Waals surface area contributed by atoms with E-state index in [-0.39, 0.29) is 18.4 Å². The molecule has 1 aromatic rings. The summed E-state index contributed by atoms with van der Waals surface area (Å²) in [5, 5.41) is 5.29. The first-order valence-corrected chi connectivity index (χ1v) is 6.20. The smallest absolute Gasteiger partial charge is 0.315 e. The van der Waals surface area contributed by atoms with Crippen LogP contribution < -0.4 is 10.6 Å². The minimum Gasteiger partial charge on any atom is -0.469 e. The molecule has 0 bridgehead atoms. The average Bonchev–Trinajstić information content (AvgIpc) is 2.37. The average molecular weight is 278 g/mol. The number of rotatable bonds is 5. The van der Waals surface area contributed by atoms with Crippen LogP contribution in [0.25, 0.3) is 0 Å². The first-order valence-electron chi connectivity index (χ1n) is 6.20. The van der Waals surface area contributed by atoms with E-state index in [1.54, 1.807) is 24.3 Å². The van der Waals surface area contributed by atoms with Crippen molar-refractivity contribution < 1.29 is 19.1 Å². The first-order chi connectivity index (χ1) is 9.42. The van der Waals surface area contributed by atoms with Crippen molar-refractivity contribution >= 4 is 23.5 Å². The molecule has 0 atom stereocenters. The molecule has 6 heteroatoms. The Morgan fingerprint density at radius 2 is 1.95 bits per heavy atom. The van der Waals surface area contributed by atoms with Crippen molar-refractivity contribution in [2.45, 2.75) is 26.3 Å².